The molecule has 1 atom stereocenters. The van der Waals surface area contributed by atoms with Gasteiger partial charge in [-0.2, -0.15) is 0 Å². The van der Waals surface area contributed by atoms with Gasteiger partial charge in [0.1, 0.15) is 12.4 Å². The van der Waals surface area contributed by atoms with Crippen LogP contribution in [0.3, 0.4) is 0 Å². The second-order valence-electron chi connectivity index (χ2n) is 2.38. The molecular formula is C7H10N2O2. The Morgan fingerprint density at radius 1 is 1.91 bits per heavy atom. The fourth-order valence-corrected chi connectivity index (χ4v) is 0.817. The van der Waals surface area contributed by atoms with E-state index in [0.29, 0.717) is 12.0 Å². The van der Waals surface area contributed by atoms with Gasteiger partial charge in [0.05, 0.1) is 12.0 Å². The highest BCUT2D eigenvalue weighted by Gasteiger charge is 2.08. The Kier molecular flexibility index (Phi) is 2.38. The SMILES string of the molecule is Cn1cnc(C(O)CC=O)c1. The summed E-state index contributed by atoms with van der Waals surface area (Å²) in [6.07, 6.45) is 3.31. The minimum absolute atomic E-state index is 0.108. The molecule has 0 saturated heterocycles. The summed E-state index contributed by atoms with van der Waals surface area (Å²) >= 11 is 0. The molecule has 0 bridgehead atoms. The summed E-state index contributed by atoms with van der Waals surface area (Å²) in [6.45, 7) is 0. The Hall–Kier alpha value is -1.16. The van der Waals surface area contributed by atoms with E-state index in [9.17, 15) is 9.90 Å². The number of aldehydes is 1. The number of carbonyl (C=O) groups is 1. The van der Waals surface area contributed by atoms with Crippen molar-refractivity contribution < 1.29 is 9.90 Å². The van der Waals surface area contributed by atoms with Crippen LogP contribution in [0.5, 0.6) is 0 Å². The molecule has 1 aromatic heterocycles. The van der Waals surface area contributed by atoms with Crippen molar-refractivity contribution >= 4 is 6.29 Å². The molecule has 0 aromatic carbocycles. The van der Waals surface area contributed by atoms with Crippen molar-refractivity contribution in [1.29, 1.82) is 0 Å². The zero-order chi connectivity index (χ0) is 8.27. The normalized spacial score (nSPS) is 12.9. The van der Waals surface area contributed by atoms with E-state index in [1.54, 1.807) is 17.1 Å². The summed E-state index contributed by atoms with van der Waals surface area (Å²) in [5.74, 6) is 0. The van der Waals surface area contributed by atoms with Crippen molar-refractivity contribution in [2.45, 2.75) is 12.5 Å². The van der Waals surface area contributed by atoms with Gasteiger partial charge in [-0.25, -0.2) is 4.98 Å². The summed E-state index contributed by atoms with van der Waals surface area (Å²) in [5, 5.41) is 9.23. The zero-order valence-electron chi connectivity index (χ0n) is 6.27. The molecule has 11 heavy (non-hydrogen) atoms. The summed E-state index contributed by atoms with van der Waals surface area (Å²) < 4.78 is 1.73. The lowest BCUT2D eigenvalue weighted by molar-refractivity contribution is -0.109. The van der Waals surface area contributed by atoms with Crippen molar-refractivity contribution in [2.24, 2.45) is 7.05 Å². The van der Waals surface area contributed by atoms with Gasteiger partial charge in [-0.1, -0.05) is 0 Å². The van der Waals surface area contributed by atoms with E-state index >= 15 is 0 Å². The first-order chi connectivity index (χ1) is 5.24. The third-order valence-electron chi connectivity index (χ3n) is 1.39. The third-order valence-corrected chi connectivity index (χ3v) is 1.39. The first kappa shape index (κ1) is 7.94. The fraction of sp³-hybridized carbons (Fsp3) is 0.429. The number of aliphatic hydroxyl groups excluding tert-OH is 1. The van der Waals surface area contributed by atoms with E-state index in [4.69, 9.17) is 0 Å². The van der Waals surface area contributed by atoms with Gasteiger partial charge in [-0.3, -0.25) is 0 Å². The highest BCUT2D eigenvalue weighted by atomic mass is 16.3. The van der Waals surface area contributed by atoms with Gasteiger partial charge >= 0.3 is 0 Å². The van der Waals surface area contributed by atoms with E-state index in [0.717, 1.165) is 0 Å². The van der Waals surface area contributed by atoms with Crippen molar-refractivity contribution in [1.82, 2.24) is 9.55 Å². The molecule has 0 aliphatic carbocycles. The molecule has 1 aromatic rings. The van der Waals surface area contributed by atoms with Crippen LogP contribution < -0.4 is 0 Å². The van der Waals surface area contributed by atoms with Crippen LogP contribution in [0.15, 0.2) is 12.5 Å². The highest BCUT2D eigenvalue weighted by molar-refractivity contribution is 5.50. The Morgan fingerprint density at radius 2 is 2.64 bits per heavy atom. The van der Waals surface area contributed by atoms with Gasteiger partial charge in [-0.05, 0) is 0 Å². The van der Waals surface area contributed by atoms with Gasteiger partial charge < -0.3 is 14.5 Å². The van der Waals surface area contributed by atoms with Crippen molar-refractivity contribution in [2.75, 3.05) is 0 Å². The van der Waals surface area contributed by atoms with Gasteiger partial charge in [-0.15, -0.1) is 0 Å². The molecule has 0 aliphatic rings. The maximum atomic E-state index is 10.0. The number of aromatic nitrogens is 2. The second-order valence-corrected chi connectivity index (χ2v) is 2.38. The lowest BCUT2D eigenvalue weighted by atomic mass is 10.2. The predicted octanol–water partition coefficient (Wildman–Crippen LogP) is 0.0425. The van der Waals surface area contributed by atoms with Crippen LogP contribution >= 0.6 is 0 Å². The highest BCUT2D eigenvalue weighted by Crippen LogP contribution is 2.11. The van der Waals surface area contributed by atoms with Crippen LogP contribution in [-0.2, 0) is 11.8 Å². The van der Waals surface area contributed by atoms with Crippen molar-refractivity contribution in [3.8, 4) is 0 Å². The molecule has 0 spiro atoms. The minimum atomic E-state index is -0.756. The maximum Gasteiger partial charge on any atom is 0.122 e. The molecule has 1 rings (SSSR count). The quantitative estimate of drug-likeness (QED) is 0.625. The fourth-order valence-electron chi connectivity index (χ4n) is 0.817. The molecule has 0 radical (unpaired) electrons. The van der Waals surface area contributed by atoms with Crippen LogP contribution in [0, 0.1) is 0 Å². The molecule has 4 heteroatoms. The molecule has 60 valence electrons. The van der Waals surface area contributed by atoms with Gasteiger partial charge in [0.15, 0.2) is 0 Å². The number of hydrogen-bond acceptors (Lipinski definition) is 3. The third kappa shape index (κ3) is 1.88. The van der Waals surface area contributed by atoms with Gasteiger partial charge in [0.25, 0.3) is 0 Å². The number of imidazole rings is 1. The number of nitrogens with zero attached hydrogens (tertiary/aromatic N) is 2. The van der Waals surface area contributed by atoms with Crippen LogP contribution in [0.1, 0.15) is 18.2 Å². The van der Waals surface area contributed by atoms with E-state index in [1.165, 1.54) is 0 Å². The monoisotopic (exact) mass is 154 g/mol. The predicted molar refractivity (Wildman–Crippen MR) is 38.8 cm³/mol. The Morgan fingerprint density at radius 3 is 3.09 bits per heavy atom. The molecule has 1 heterocycles. The van der Waals surface area contributed by atoms with Gasteiger partial charge in [0, 0.05) is 19.7 Å². The molecule has 1 N–H and O–H groups in total. The average molecular weight is 154 g/mol. The Bertz CT molecular complexity index is 244. The van der Waals surface area contributed by atoms with Crippen LogP contribution in [0.25, 0.3) is 0 Å². The second kappa shape index (κ2) is 3.30. The van der Waals surface area contributed by atoms with Crippen LogP contribution in [0.4, 0.5) is 0 Å². The number of rotatable bonds is 3. The van der Waals surface area contributed by atoms with E-state index in [2.05, 4.69) is 4.98 Å². The van der Waals surface area contributed by atoms with Gasteiger partial charge in [0.2, 0.25) is 0 Å². The molecule has 0 fully saturated rings. The smallest absolute Gasteiger partial charge is 0.122 e. The van der Waals surface area contributed by atoms with E-state index < -0.39 is 6.10 Å². The zero-order valence-corrected chi connectivity index (χ0v) is 6.27. The number of carbonyl (C=O) groups excluding carboxylic acids is 1. The molecule has 0 aliphatic heterocycles. The van der Waals surface area contributed by atoms with Crippen LogP contribution in [-0.4, -0.2) is 20.9 Å². The minimum Gasteiger partial charge on any atom is -0.386 e. The molecule has 0 saturated carbocycles. The number of aliphatic hydroxyl groups is 1. The van der Waals surface area contributed by atoms with Crippen molar-refractivity contribution in [3.05, 3.63) is 18.2 Å². The molecule has 4 nitrogen and oxygen atoms in total. The Balaban J connectivity index is 2.67. The lowest BCUT2D eigenvalue weighted by Crippen LogP contribution is -1.97. The molecule has 1 unspecified atom stereocenters. The molecule has 0 amide bonds. The standard InChI is InChI=1S/C7H10N2O2/c1-9-4-6(8-5-9)7(11)2-3-10/h3-5,7,11H,2H2,1H3. The first-order valence-corrected chi connectivity index (χ1v) is 3.33. The number of hydrogen-bond donors (Lipinski definition) is 1. The largest absolute Gasteiger partial charge is 0.386 e. The topological polar surface area (TPSA) is 55.1 Å². The summed E-state index contributed by atoms with van der Waals surface area (Å²) in [5.41, 5.74) is 0.541. The first-order valence-electron chi connectivity index (χ1n) is 3.33. The summed E-state index contributed by atoms with van der Waals surface area (Å²) in [6, 6.07) is 0. The summed E-state index contributed by atoms with van der Waals surface area (Å²) in [7, 11) is 1.81. The van der Waals surface area contributed by atoms with E-state index in [1.807, 2.05) is 7.05 Å². The lowest BCUT2D eigenvalue weighted by Gasteiger charge is -2.00. The average Bonchev–Trinajstić information content (AvgIpc) is 2.36. The number of aryl methyl sites for hydroxylation is 1. The van der Waals surface area contributed by atoms with E-state index in [-0.39, 0.29) is 6.42 Å². The Labute approximate surface area is 64.5 Å². The summed E-state index contributed by atoms with van der Waals surface area (Å²) in [4.78, 5) is 13.9. The van der Waals surface area contributed by atoms with Crippen LogP contribution in [0.2, 0.25) is 0 Å². The van der Waals surface area contributed by atoms with Crippen molar-refractivity contribution in [3.63, 3.8) is 0 Å². The maximum absolute atomic E-state index is 10.0. The molecular weight excluding hydrogens is 144 g/mol.